The molecule has 0 fully saturated rings. The number of hydrogen-bond donors (Lipinski definition) is 2. The molecule has 0 aliphatic carbocycles. The SMILES string of the molecule is Cn1ccnc1[C@](O)(CCNCc1cccc(F)c1)C(F)(F)F. The van der Waals surface area contributed by atoms with Crippen LogP contribution < -0.4 is 5.32 Å². The second-order valence-electron chi connectivity index (χ2n) is 5.28. The van der Waals surface area contributed by atoms with E-state index in [2.05, 4.69) is 10.3 Å². The Kier molecular flexibility index (Phi) is 5.06. The summed E-state index contributed by atoms with van der Waals surface area (Å²) < 4.78 is 54.0. The van der Waals surface area contributed by atoms with E-state index in [0.717, 1.165) is 4.57 Å². The minimum Gasteiger partial charge on any atom is -0.374 e. The van der Waals surface area contributed by atoms with Gasteiger partial charge in [-0.1, -0.05) is 12.1 Å². The lowest BCUT2D eigenvalue weighted by molar-refractivity contribution is -0.272. The normalized spacial score (nSPS) is 14.7. The van der Waals surface area contributed by atoms with Crippen molar-refractivity contribution in [2.24, 2.45) is 7.05 Å². The third-order valence-electron chi connectivity index (χ3n) is 3.54. The number of alkyl halides is 3. The number of nitrogens with one attached hydrogen (secondary N) is 1. The van der Waals surface area contributed by atoms with Crippen LogP contribution in [0.15, 0.2) is 36.7 Å². The number of nitrogens with zero attached hydrogens (tertiary/aromatic N) is 2. The second kappa shape index (κ2) is 6.67. The van der Waals surface area contributed by atoms with Crippen LogP contribution in [0.5, 0.6) is 0 Å². The van der Waals surface area contributed by atoms with Crippen molar-refractivity contribution in [2.75, 3.05) is 6.54 Å². The van der Waals surface area contributed by atoms with Crippen LogP contribution in [0.4, 0.5) is 17.6 Å². The summed E-state index contributed by atoms with van der Waals surface area (Å²) in [6, 6.07) is 5.76. The molecule has 0 radical (unpaired) electrons. The molecule has 126 valence electrons. The van der Waals surface area contributed by atoms with E-state index < -0.39 is 29.8 Å². The summed E-state index contributed by atoms with van der Waals surface area (Å²) in [7, 11) is 1.39. The molecular formula is C15H17F4N3O. The van der Waals surface area contributed by atoms with E-state index in [4.69, 9.17) is 0 Å². The van der Waals surface area contributed by atoms with Crippen molar-refractivity contribution < 1.29 is 22.7 Å². The Morgan fingerprint density at radius 3 is 2.61 bits per heavy atom. The van der Waals surface area contributed by atoms with Crippen molar-refractivity contribution >= 4 is 0 Å². The zero-order chi connectivity index (χ0) is 17.1. The van der Waals surface area contributed by atoms with Crippen molar-refractivity contribution in [2.45, 2.75) is 24.7 Å². The highest BCUT2D eigenvalue weighted by Crippen LogP contribution is 2.40. The molecule has 0 aliphatic heterocycles. The monoisotopic (exact) mass is 331 g/mol. The van der Waals surface area contributed by atoms with Gasteiger partial charge in [-0.3, -0.25) is 0 Å². The number of hydrogen-bond acceptors (Lipinski definition) is 3. The Morgan fingerprint density at radius 1 is 1.30 bits per heavy atom. The van der Waals surface area contributed by atoms with Gasteiger partial charge >= 0.3 is 6.18 Å². The Bertz CT molecular complexity index is 656. The lowest BCUT2D eigenvalue weighted by Gasteiger charge is -2.30. The number of rotatable bonds is 6. The van der Waals surface area contributed by atoms with E-state index in [-0.39, 0.29) is 13.1 Å². The molecule has 1 heterocycles. The minimum absolute atomic E-state index is 0.112. The molecule has 0 spiro atoms. The molecule has 8 heteroatoms. The fraction of sp³-hybridized carbons (Fsp3) is 0.400. The highest BCUT2D eigenvalue weighted by molar-refractivity contribution is 5.16. The molecule has 0 saturated heterocycles. The molecule has 2 aromatic rings. The first-order valence-corrected chi connectivity index (χ1v) is 6.96. The van der Waals surface area contributed by atoms with E-state index in [1.165, 1.54) is 37.6 Å². The van der Waals surface area contributed by atoms with Gasteiger partial charge in [0.1, 0.15) is 11.6 Å². The van der Waals surface area contributed by atoms with Gasteiger partial charge in [0.15, 0.2) is 0 Å². The summed E-state index contributed by atoms with van der Waals surface area (Å²) in [5.74, 6) is -0.873. The van der Waals surface area contributed by atoms with Gasteiger partial charge < -0.3 is 15.0 Å². The Labute approximate surface area is 130 Å². The van der Waals surface area contributed by atoms with E-state index >= 15 is 0 Å². The molecule has 1 aromatic carbocycles. The lowest BCUT2D eigenvalue weighted by Crippen LogP contribution is -2.46. The summed E-state index contributed by atoms with van der Waals surface area (Å²) in [6.07, 6.45) is -2.91. The summed E-state index contributed by atoms with van der Waals surface area (Å²) in [5.41, 5.74) is -2.43. The van der Waals surface area contributed by atoms with Crippen LogP contribution in [0, 0.1) is 5.82 Å². The fourth-order valence-corrected chi connectivity index (χ4v) is 2.29. The first kappa shape index (κ1) is 17.4. The maximum absolute atomic E-state index is 13.3. The fourth-order valence-electron chi connectivity index (χ4n) is 2.29. The van der Waals surface area contributed by atoms with Gasteiger partial charge in [-0.2, -0.15) is 13.2 Å². The third kappa shape index (κ3) is 3.89. The Hall–Kier alpha value is -1.93. The van der Waals surface area contributed by atoms with Crippen LogP contribution >= 0.6 is 0 Å². The van der Waals surface area contributed by atoms with Gasteiger partial charge in [-0.05, 0) is 24.2 Å². The topological polar surface area (TPSA) is 50.1 Å². The summed E-state index contributed by atoms with van der Waals surface area (Å²) in [5, 5.41) is 12.9. The number of aryl methyl sites for hydroxylation is 1. The Balaban J connectivity index is 2.01. The van der Waals surface area contributed by atoms with Gasteiger partial charge in [0.05, 0.1) is 0 Å². The van der Waals surface area contributed by atoms with Crippen molar-refractivity contribution in [1.82, 2.24) is 14.9 Å². The van der Waals surface area contributed by atoms with Crippen LogP contribution in [0.3, 0.4) is 0 Å². The number of imidazole rings is 1. The number of aromatic nitrogens is 2. The molecule has 2 rings (SSSR count). The number of halogens is 4. The summed E-state index contributed by atoms with van der Waals surface area (Å²) >= 11 is 0. The molecule has 0 aliphatic rings. The lowest BCUT2D eigenvalue weighted by atomic mass is 9.97. The average Bonchev–Trinajstić information content (AvgIpc) is 2.89. The predicted octanol–water partition coefficient (Wildman–Crippen LogP) is 2.49. The molecule has 0 saturated carbocycles. The molecule has 0 unspecified atom stereocenters. The van der Waals surface area contributed by atoms with E-state index in [0.29, 0.717) is 5.56 Å². The van der Waals surface area contributed by atoms with Gasteiger partial charge in [-0.15, -0.1) is 0 Å². The van der Waals surface area contributed by atoms with Gasteiger partial charge in [0.25, 0.3) is 0 Å². The van der Waals surface area contributed by atoms with Crippen molar-refractivity contribution in [3.8, 4) is 0 Å². The minimum atomic E-state index is -4.85. The van der Waals surface area contributed by atoms with Crippen molar-refractivity contribution in [3.63, 3.8) is 0 Å². The van der Waals surface area contributed by atoms with Crippen LogP contribution in [-0.4, -0.2) is 27.4 Å². The van der Waals surface area contributed by atoms with Crippen molar-refractivity contribution in [3.05, 3.63) is 53.9 Å². The van der Waals surface area contributed by atoms with Gasteiger partial charge in [0, 0.05) is 32.4 Å². The van der Waals surface area contributed by atoms with Gasteiger partial charge in [0.2, 0.25) is 5.60 Å². The van der Waals surface area contributed by atoms with E-state index in [9.17, 15) is 22.7 Å². The summed E-state index contributed by atoms with van der Waals surface area (Å²) in [6.45, 7) is 0.0889. The van der Waals surface area contributed by atoms with Crippen LogP contribution in [-0.2, 0) is 19.2 Å². The maximum atomic E-state index is 13.3. The van der Waals surface area contributed by atoms with E-state index in [1.54, 1.807) is 6.07 Å². The van der Waals surface area contributed by atoms with E-state index in [1.807, 2.05) is 0 Å². The molecule has 23 heavy (non-hydrogen) atoms. The largest absolute Gasteiger partial charge is 0.424 e. The first-order valence-electron chi connectivity index (χ1n) is 6.96. The molecule has 1 aromatic heterocycles. The molecule has 4 nitrogen and oxygen atoms in total. The molecule has 2 N–H and O–H groups in total. The van der Waals surface area contributed by atoms with Crippen molar-refractivity contribution in [1.29, 1.82) is 0 Å². The maximum Gasteiger partial charge on any atom is 0.424 e. The molecular weight excluding hydrogens is 314 g/mol. The van der Waals surface area contributed by atoms with Gasteiger partial charge in [-0.25, -0.2) is 9.37 Å². The molecule has 0 amide bonds. The van der Waals surface area contributed by atoms with Crippen LogP contribution in [0.25, 0.3) is 0 Å². The smallest absolute Gasteiger partial charge is 0.374 e. The zero-order valence-corrected chi connectivity index (χ0v) is 12.4. The quantitative estimate of drug-likeness (QED) is 0.632. The molecule has 1 atom stereocenters. The van der Waals surface area contributed by atoms with Crippen LogP contribution in [0.2, 0.25) is 0 Å². The van der Waals surface area contributed by atoms with Crippen LogP contribution in [0.1, 0.15) is 17.8 Å². The summed E-state index contributed by atoms with van der Waals surface area (Å²) in [4.78, 5) is 3.62. The zero-order valence-electron chi connectivity index (χ0n) is 12.4. The highest BCUT2D eigenvalue weighted by Gasteiger charge is 2.56. The third-order valence-corrected chi connectivity index (χ3v) is 3.54. The number of benzene rings is 1. The number of aliphatic hydroxyl groups is 1. The highest BCUT2D eigenvalue weighted by atomic mass is 19.4. The first-order chi connectivity index (χ1) is 10.7. The Morgan fingerprint density at radius 2 is 2.04 bits per heavy atom. The standard InChI is InChI=1S/C15H17F4N3O/c1-22-8-7-21-13(22)14(23,15(17,18)19)5-6-20-10-11-3-2-4-12(16)9-11/h2-4,7-9,20,23H,5-6,10H2,1H3/t14-/m1/s1. The average molecular weight is 331 g/mol. The predicted molar refractivity (Wildman–Crippen MR) is 75.9 cm³/mol. The molecule has 0 bridgehead atoms. The second-order valence-corrected chi connectivity index (χ2v) is 5.28.